The van der Waals surface area contributed by atoms with Crippen LogP contribution in [0.4, 0.5) is 0 Å². The molecule has 1 aliphatic rings. The highest BCUT2D eigenvalue weighted by Crippen LogP contribution is 2.32. The molecule has 0 saturated carbocycles. The first-order valence-electron chi connectivity index (χ1n) is 6.13. The van der Waals surface area contributed by atoms with Crippen LogP contribution in [0.5, 0.6) is 0 Å². The Morgan fingerprint density at radius 3 is 1.86 bits per heavy atom. The topological polar surface area (TPSA) is 3.24 Å². The maximum atomic E-state index is 2.76. The quantitative estimate of drug-likeness (QED) is 0.647. The van der Waals surface area contributed by atoms with Crippen molar-refractivity contribution in [2.45, 2.75) is 71.7 Å². The molecule has 0 aromatic carbocycles. The summed E-state index contributed by atoms with van der Waals surface area (Å²) >= 11 is 0. The third-order valence-corrected chi connectivity index (χ3v) is 7.79. The Kier molecular flexibility index (Phi) is 3.87. The molecule has 1 fully saturated rings. The fourth-order valence-corrected chi connectivity index (χ4v) is 7.01. The van der Waals surface area contributed by atoms with Crippen LogP contribution in [0.15, 0.2) is 0 Å². The van der Waals surface area contributed by atoms with Crippen LogP contribution in [0.2, 0.25) is 25.5 Å². The van der Waals surface area contributed by atoms with Crippen molar-refractivity contribution in [1.29, 1.82) is 0 Å². The molecule has 0 radical (unpaired) electrons. The van der Waals surface area contributed by atoms with Gasteiger partial charge in [0.15, 0.2) is 0 Å². The third kappa shape index (κ3) is 2.43. The monoisotopic (exact) mass is 211 g/mol. The van der Waals surface area contributed by atoms with Crippen LogP contribution in [-0.2, 0) is 0 Å². The number of hydrogen-bond donors (Lipinski definition) is 0. The van der Waals surface area contributed by atoms with Crippen molar-refractivity contribution in [1.82, 2.24) is 4.81 Å². The summed E-state index contributed by atoms with van der Waals surface area (Å²) in [5, 5.41) is 0. The molecule has 1 aliphatic heterocycles. The zero-order valence-corrected chi connectivity index (χ0v) is 11.8. The van der Waals surface area contributed by atoms with Crippen LogP contribution in [-0.4, -0.2) is 31.3 Å². The fraction of sp³-hybridized carbons (Fsp3) is 1.00. The summed E-state index contributed by atoms with van der Waals surface area (Å²) in [6.07, 6.45) is 3.86. The molecule has 0 amide bonds. The Balaban J connectivity index is 2.78. The lowest BCUT2D eigenvalue weighted by Gasteiger charge is -2.40. The highest BCUT2D eigenvalue weighted by atomic mass is 28.3. The molecule has 0 aliphatic carbocycles. The van der Waals surface area contributed by atoms with Gasteiger partial charge in [-0.05, 0) is 12.1 Å². The van der Waals surface area contributed by atoms with E-state index in [0.717, 1.165) is 6.44 Å². The number of nitrogens with zero attached hydrogens (tertiary/aromatic N) is 1. The van der Waals surface area contributed by atoms with Crippen molar-refractivity contribution in [3.05, 3.63) is 0 Å². The summed E-state index contributed by atoms with van der Waals surface area (Å²) in [5.74, 6) is 0. The van der Waals surface area contributed by atoms with E-state index in [1.807, 2.05) is 0 Å². The van der Waals surface area contributed by atoms with E-state index in [4.69, 9.17) is 0 Å². The second-order valence-corrected chi connectivity index (χ2v) is 11.2. The van der Waals surface area contributed by atoms with E-state index < -0.39 is 7.94 Å². The van der Waals surface area contributed by atoms with E-state index in [2.05, 4.69) is 45.6 Å². The largest absolute Gasteiger partial charge is 0.340 e. The van der Waals surface area contributed by atoms with Gasteiger partial charge < -0.3 is 4.81 Å². The van der Waals surface area contributed by atoms with Gasteiger partial charge in [-0.15, -0.1) is 0 Å². The zero-order valence-electron chi connectivity index (χ0n) is 10.8. The van der Waals surface area contributed by atoms with Crippen molar-refractivity contribution >= 4 is 14.4 Å². The second-order valence-electron chi connectivity index (χ2n) is 6.03. The van der Waals surface area contributed by atoms with Gasteiger partial charge in [0.25, 0.3) is 0 Å². The SMILES string of the molecule is CC(C)N(B1CCC[Si]1(C)C)C(C)C. The van der Waals surface area contributed by atoms with E-state index >= 15 is 0 Å². The minimum absolute atomic E-state index is 0.713. The molecule has 1 saturated heterocycles. The standard InChI is InChI=1S/C11H26BNSi/c1-10(2)13(11(3)4)12-8-7-9-14(12,5)6/h10-11H,7-9H2,1-6H3. The fourth-order valence-electron chi connectivity index (χ4n) is 3.18. The Morgan fingerprint density at radius 1 is 1.07 bits per heavy atom. The van der Waals surface area contributed by atoms with Gasteiger partial charge in [-0.1, -0.05) is 59.6 Å². The molecule has 0 spiro atoms. The van der Waals surface area contributed by atoms with Crippen molar-refractivity contribution in [3.63, 3.8) is 0 Å². The van der Waals surface area contributed by atoms with E-state index in [0.29, 0.717) is 12.1 Å². The smallest absolute Gasteiger partial charge is 0.213 e. The minimum Gasteiger partial charge on any atom is -0.340 e. The van der Waals surface area contributed by atoms with Gasteiger partial charge in [-0.25, -0.2) is 0 Å². The van der Waals surface area contributed by atoms with Gasteiger partial charge in [0, 0.05) is 7.94 Å². The molecule has 0 N–H and O–H groups in total. The molecule has 1 nitrogen and oxygen atoms in total. The van der Waals surface area contributed by atoms with Gasteiger partial charge >= 0.3 is 0 Å². The summed E-state index contributed by atoms with van der Waals surface area (Å²) in [4.78, 5) is 2.76. The van der Waals surface area contributed by atoms with E-state index in [9.17, 15) is 0 Å². The van der Waals surface area contributed by atoms with Crippen LogP contribution in [0, 0.1) is 0 Å². The number of rotatable bonds is 3. The molecule has 0 aromatic rings. The Hall–Kier alpha value is 0.242. The molecule has 0 unspecified atom stereocenters. The lowest BCUT2D eigenvalue weighted by atomic mass is 9.79. The third-order valence-electron chi connectivity index (χ3n) is 3.75. The van der Waals surface area contributed by atoms with Gasteiger partial charge in [0.2, 0.25) is 6.44 Å². The normalized spacial score (nSPS) is 21.6. The van der Waals surface area contributed by atoms with Crippen LogP contribution >= 0.6 is 0 Å². The lowest BCUT2D eigenvalue weighted by molar-refractivity contribution is 0.307. The highest BCUT2D eigenvalue weighted by molar-refractivity contribution is 7.32. The molecule has 3 heteroatoms. The molecular weight excluding hydrogens is 185 g/mol. The van der Waals surface area contributed by atoms with Gasteiger partial charge in [0.1, 0.15) is 0 Å². The van der Waals surface area contributed by atoms with Gasteiger partial charge in [-0.3, -0.25) is 0 Å². The summed E-state index contributed by atoms with van der Waals surface area (Å²) in [6, 6.07) is 2.96. The summed E-state index contributed by atoms with van der Waals surface area (Å²) in [5.41, 5.74) is 0. The van der Waals surface area contributed by atoms with Gasteiger partial charge in [-0.2, -0.15) is 0 Å². The van der Waals surface area contributed by atoms with Crippen molar-refractivity contribution in [3.8, 4) is 0 Å². The van der Waals surface area contributed by atoms with Crippen molar-refractivity contribution in [2.75, 3.05) is 0 Å². The zero-order chi connectivity index (χ0) is 10.9. The number of hydrogen-bond acceptors (Lipinski definition) is 1. The molecular formula is C11H26BNSi. The molecule has 0 bridgehead atoms. The Bertz CT molecular complexity index is 184. The van der Waals surface area contributed by atoms with Crippen molar-refractivity contribution in [2.24, 2.45) is 0 Å². The summed E-state index contributed by atoms with van der Waals surface area (Å²) < 4.78 is 0. The maximum Gasteiger partial charge on any atom is 0.213 e. The summed E-state index contributed by atoms with van der Waals surface area (Å²) in [6.45, 7) is 14.5. The average molecular weight is 211 g/mol. The van der Waals surface area contributed by atoms with Crippen LogP contribution in [0.25, 0.3) is 0 Å². The van der Waals surface area contributed by atoms with Crippen LogP contribution in [0.3, 0.4) is 0 Å². The minimum atomic E-state index is -0.932. The summed E-state index contributed by atoms with van der Waals surface area (Å²) in [7, 11) is -0.932. The predicted octanol–water partition coefficient (Wildman–Crippen LogP) is 3.29. The molecule has 0 aromatic heterocycles. The molecule has 14 heavy (non-hydrogen) atoms. The van der Waals surface area contributed by atoms with Crippen molar-refractivity contribution < 1.29 is 0 Å². The lowest BCUT2D eigenvalue weighted by Crippen LogP contribution is -2.58. The molecule has 1 heterocycles. The molecule has 0 atom stereocenters. The highest BCUT2D eigenvalue weighted by Gasteiger charge is 2.44. The Morgan fingerprint density at radius 2 is 1.57 bits per heavy atom. The van der Waals surface area contributed by atoms with Crippen LogP contribution in [0.1, 0.15) is 34.1 Å². The van der Waals surface area contributed by atoms with E-state index in [-0.39, 0.29) is 0 Å². The Labute approximate surface area is 91.3 Å². The molecule has 82 valence electrons. The van der Waals surface area contributed by atoms with E-state index in [1.165, 1.54) is 18.8 Å². The first-order chi connectivity index (χ1) is 6.36. The first kappa shape index (κ1) is 12.3. The van der Waals surface area contributed by atoms with E-state index in [1.54, 1.807) is 0 Å². The average Bonchev–Trinajstić information content (AvgIpc) is 2.29. The second kappa shape index (κ2) is 4.40. The maximum absolute atomic E-state index is 2.76. The van der Waals surface area contributed by atoms with Crippen LogP contribution < -0.4 is 0 Å². The predicted molar refractivity (Wildman–Crippen MR) is 69.6 cm³/mol. The van der Waals surface area contributed by atoms with Gasteiger partial charge in [0.05, 0.1) is 0 Å². The first-order valence-corrected chi connectivity index (χ1v) is 9.42. The molecule has 1 rings (SSSR count).